The molecule has 0 saturated carbocycles. The first-order valence-corrected chi connectivity index (χ1v) is 5.82. The number of aromatic nitrogens is 2. The number of hydrogen-bond donors (Lipinski definition) is 2. The standard InChI is InChI=1S/C11H10ClN5O3/c12-9-3-8(17(18)19)1-2-10(9)20-6-7-4-15-11(16-13)5-14-7/h1-5H,6,13H2,(H,15,16). The second kappa shape index (κ2) is 6.13. The molecule has 0 unspecified atom stereocenters. The summed E-state index contributed by atoms with van der Waals surface area (Å²) in [5.74, 6) is 5.93. The van der Waals surface area contributed by atoms with Gasteiger partial charge in [-0.1, -0.05) is 11.6 Å². The predicted octanol–water partition coefficient (Wildman–Crippen LogP) is 1.90. The van der Waals surface area contributed by atoms with E-state index in [0.29, 0.717) is 17.3 Å². The molecular formula is C11H10ClN5O3. The fourth-order valence-electron chi connectivity index (χ4n) is 1.38. The summed E-state index contributed by atoms with van der Waals surface area (Å²) in [6, 6.07) is 3.97. The molecule has 1 aromatic heterocycles. The normalized spacial score (nSPS) is 10.1. The minimum Gasteiger partial charge on any atom is -0.486 e. The third-order valence-corrected chi connectivity index (χ3v) is 2.65. The predicted molar refractivity (Wildman–Crippen MR) is 72.3 cm³/mol. The molecule has 0 aliphatic carbocycles. The van der Waals surface area contributed by atoms with Crippen LogP contribution in [-0.4, -0.2) is 14.9 Å². The van der Waals surface area contributed by atoms with Gasteiger partial charge in [0.05, 0.1) is 28.0 Å². The zero-order chi connectivity index (χ0) is 14.5. The van der Waals surface area contributed by atoms with Crippen molar-refractivity contribution in [3.8, 4) is 5.75 Å². The molecule has 1 heterocycles. The van der Waals surface area contributed by atoms with E-state index in [-0.39, 0.29) is 17.3 Å². The fourth-order valence-corrected chi connectivity index (χ4v) is 1.61. The number of non-ortho nitro benzene ring substituents is 1. The molecule has 0 fully saturated rings. The van der Waals surface area contributed by atoms with Gasteiger partial charge in [0.25, 0.3) is 5.69 Å². The number of nitrogens with zero attached hydrogens (tertiary/aromatic N) is 3. The molecule has 2 aromatic rings. The van der Waals surface area contributed by atoms with Crippen molar-refractivity contribution < 1.29 is 9.66 Å². The summed E-state index contributed by atoms with van der Waals surface area (Å²) in [5.41, 5.74) is 2.83. The van der Waals surface area contributed by atoms with Gasteiger partial charge in [-0.3, -0.25) is 15.1 Å². The maximum atomic E-state index is 10.6. The number of hydrazine groups is 1. The van der Waals surface area contributed by atoms with E-state index < -0.39 is 4.92 Å². The lowest BCUT2D eigenvalue weighted by Crippen LogP contribution is -2.09. The molecule has 104 valence electrons. The van der Waals surface area contributed by atoms with Gasteiger partial charge in [-0.25, -0.2) is 10.8 Å². The average molecular weight is 296 g/mol. The van der Waals surface area contributed by atoms with Crippen LogP contribution >= 0.6 is 11.6 Å². The van der Waals surface area contributed by atoms with Gasteiger partial charge in [-0.2, -0.15) is 0 Å². The van der Waals surface area contributed by atoms with E-state index in [0.717, 1.165) is 0 Å². The van der Waals surface area contributed by atoms with Crippen LogP contribution in [0.5, 0.6) is 5.75 Å². The molecule has 0 atom stereocenters. The van der Waals surface area contributed by atoms with Crippen LogP contribution in [-0.2, 0) is 6.61 Å². The Labute approximate surface area is 118 Å². The summed E-state index contributed by atoms with van der Waals surface area (Å²) in [7, 11) is 0. The van der Waals surface area contributed by atoms with Crippen LogP contribution in [0.25, 0.3) is 0 Å². The molecule has 9 heteroatoms. The first-order chi connectivity index (χ1) is 9.60. The number of nitrogens with one attached hydrogen (secondary N) is 1. The SMILES string of the molecule is NNc1cnc(COc2ccc([N+](=O)[O-])cc2Cl)cn1. The Bertz CT molecular complexity index is 620. The smallest absolute Gasteiger partial charge is 0.271 e. The van der Waals surface area contributed by atoms with Crippen molar-refractivity contribution in [1.29, 1.82) is 0 Å². The zero-order valence-corrected chi connectivity index (χ0v) is 10.9. The number of nitro benzene ring substituents is 1. The summed E-state index contributed by atoms with van der Waals surface area (Å²) in [4.78, 5) is 18.1. The lowest BCUT2D eigenvalue weighted by atomic mass is 10.3. The molecule has 2 rings (SSSR count). The Morgan fingerprint density at radius 2 is 2.20 bits per heavy atom. The number of nitro groups is 1. The van der Waals surface area contributed by atoms with Crippen LogP contribution in [0.1, 0.15) is 5.69 Å². The highest BCUT2D eigenvalue weighted by Gasteiger charge is 2.10. The monoisotopic (exact) mass is 295 g/mol. The molecule has 20 heavy (non-hydrogen) atoms. The van der Waals surface area contributed by atoms with Crippen molar-refractivity contribution in [2.75, 3.05) is 5.43 Å². The van der Waals surface area contributed by atoms with Crippen LogP contribution in [0.4, 0.5) is 11.5 Å². The summed E-state index contributed by atoms with van der Waals surface area (Å²) in [6.07, 6.45) is 2.95. The largest absolute Gasteiger partial charge is 0.486 e. The first kappa shape index (κ1) is 14.0. The van der Waals surface area contributed by atoms with Crippen molar-refractivity contribution in [3.63, 3.8) is 0 Å². The number of nitrogens with two attached hydrogens (primary N) is 1. The number of ether oxygens (including phenoxy) is 1. The third-order valence-electron chi connectivity index (χ3n) is 2.36. The number of hydrogen-bond acceptors (Lipinski definition) is 7. The Morgan fingerprint density at radius 1 is 1.40 bits per heavy atom. The lowest BCUT2D eigenvalue weighted by Gasteiger charge is -2.07. The van der Waals surface area contributed by atoms with Gasteiger partial charge in [0.1, 0.15) is 12.4 Å². The van der Waals surface area contributed by atoms with Crippen LogP contribution in [0, 0.1) is 10.1 Å². The zero-order valence-electron chi connectivity index (χ0n) is 10.1. The van der Waals surface area contributed by atoms with Gasteiger partial charge >= 0.3 is 0 Å². The van der Waals surface area contributed by atoms with E-state index in [2.05, 4.69) is 15.4 Å². The van der Waals surface area contributed by atoms with Crippen molar-refractivity contribution in [2.24, 2.45) is 5.84 Å². The van der Waals surface area contributed by atoms with Crippen LogP contribution in [0.2, 0.25) is 5.02 Å². The highest BCUT2D eigenvalue weighted by molar-refractivity contribution is 6.32. The van der Waals surface area contributed by atoms with Gasteiger partial charge in [0.2, 0.25) is 0 Å². The van der Waals surface area contributed by atoms with E-state index >= 15 is 0 Å². The van der Waals surface area contributed by atoms with Gasteiger partial charge in [0, 0.05) is 12.1 Å². The highest BCUT2D eigenvalue weighted by Crippen LogP contribution is 2.29. The molecule has 0 aliphatic heterocycles. The van der Waals surface area contributed by atoms with Gasteiger partial charge in [0.15, 0.2) is 5.82 Å². The van der Waals surface area contributed by atoms with Crippen LogP contribution < -0.4 is 16.0 Å². The van der Waals surface area contributed by atoms with Crippen LogP contribution in [0.3, 0.4) is 0 Å². The van der Waals surface area contributed by atoms with Crippen LogP contribution in [0.15, 0.2) is 30.6 Å². The maximum Gasteiger partial charge on any atom is 0.271 e. The van der Waals surface area contributed by atoms with Crippen molar-refractivity contribution in [3.05, 3.63) is 51.4 Å². The van der Waals surface area contributed by atoms with E-state index in [1.807, 2.05) is 0 Å². The number of rotatable bonds is 5. The van der Waals surface area contributed by atoms with Crippen molar-refractivity contribution >= 4 is 23.1 Å². The van der Waals surface area contributed by atoms with Gasteiger partial charge in [-0.05, 0) is 6.07 Å². The molecule has 0 saturated heterocycles. The van der Waals surface area contributed by atoms with Crippen molar-refractivity contribution in [1.82, 2.24) is 9.97 Å². The molecule has 8 nitrogen and oxygen atoms in total. The second-order valence-corrected chi connectivity index (χ2v) is 4.11. The number of halogens is 1. The van der Waals surface area contributed by atoms with E-state index in [9.17, 15) is 10.1 Å². The molecule has 0 bridgehead atoms. The van der Waals surface area contributed by atoms with E-state index in [1.165, 1.54) is 30.6 Å². The van der Waals surface area contributed by atoms with Crippen molar-refractivity contribution in [2.45, 2.75) is 6.61 Å². The minimum absolute atomic E-state index is 0.0967. The van der Waals surface area contributed by atoms with E-state index in [1.54, 1.807) is 0 Å². The molecule has 1 aromatic carbocycles. The second-order valence-electron chi connectivity index (χ2n) is 3.70. The Hall–Kier alpha value is -2.45. The fraction of sp³-hybridized carbons (Fsp3) is 0.0909. The summed E-state index contributed by atoms with van der Waals surface area (Å²) >= 11 is 5.90. The topological polar surface area (TPSA) is 116 Å². The average Bonchev–Trinajstić information content (AvgIpc) is 2.46. The number of anilines is 1. The molecule has 0 spiro atoms. The van der Waals surface area contributed by atoms with Gasteiger partial charge < -0.3 is 10.2 Å². The van der Waals surface area contributed by atoms with E-state index in [4.69, 9.17) is 22.2 Å². The lowest BCUT2D eigenvalue weighted by molar-refractivity contribution is -0.384. The Morgan fingerprint density at radius 3 is 2.75 bits per heavy atom. The Kier molecular flexibility index (Phi) is 4.28. The first-order valence-electron chi connectivity index (χ1n) is 5.44. The summed E-state index contributed by atoms with van der Waals surface area (Å²) in [5, 5.41) is 10.7. The quantitative estimate of drug-likeness (QED) is 0.491. The minimum atomic E-state index is -0.528. The molecule has 0 aliphatic rings. The molecule has 0 amide bonds. The maximum absolute atomic E-state index is 10.6. The molecule has 0 radical (unpaired) electrons. The number of benzene rings is 1. The van der Waals surface area contributed by atoms with Gasteiger partial charge in [-0.15, -0.1) is 0 Å². The molecule has 3 N–H and O–H groups in total. The summed E-state index contributed by atoms with van der Waals surface area (Å²) < 4.78 is 5.42. The Balaban J connectivity index is 2.04. The summed E-state index contributed by atoms with van der Waals surface area (Å²) in [6.45, 7) is 0.134. The highest BCUT2D eigenvalue weighted by atomic mass is 35.5. The molecular weight excluding hydrogens is 286 g/mol. The third kappa shape index (κ3) is 3.31. The number of nitrogen functional groups attached to an aromatic ring is 1.